The maximum absolute atomic E-state index is 12.7. The minimum Gasteiger partial charge on any atom is -0.442 e. The standard InChI is InChI=1S/C24H29N3O6/c1-5-8-20-19(6-2)22(29)27(23(20)30)14-18-13-26(24(31)33-18)17-11-9-16(10-12-17)25(7-3)21(28)15-32-4/h5,8-12,18H,6-7,13-15H2,1-4H3/b8-5-. The summed E-state index contributed by atoms with van der Waals surface area (Å²) in [6.45, 7) is 6.15. The van der Waals surface area contributed by atoms with Crippen LogP contribution >= 0.6 is 0 Å². The van der Waals surface area contributed by atoms with E-state index in [9.17, 15) is 19.2 Å². The van der Waals surface area contributed by atoms with Gasteiger partial charge in [-0.05, 0) is 44.5 Å². The van der Waals surface area contributed by atoms with E-state index in [0.717, 1.165) is 4.90 Å². The van der Waals surface area contributed by atoms with E-state index < -0.39 is 12.2 Å². The van der Waals surface area contributed by atoms with Crippen molar-refractivity contribution in [3.63, 3.8) is 0 Å². The summed E-state index contributed by atoms with van der Waals surface area (Å²) >= 11 is 0. The highest BCUT2D eigenvalue weighted by Gasteiger charge is 2.41. The number of hydrogen-bond acceptors (Lipinski definition) is 6. The van der Waals surface area contributed by atoms with Gasteiger partial charge in [0.15, 0.2) is 0 Å². The number of ether oxygens (including phenoxy) is 2. The van der Waals surface area contributed by atoms with Crippen LogP contribution in [-0.2, 0) is 23.9 Å². The number of hydrogen-bond donors (Lipinski definition) is 0. The third-order valence-electron chi connectivity index (χ3n) is 5.61. The number of imide groups is 1. The SMILES string of the molecule is C/C=C\C1=C(CC)C(=O)N(CC2CN(c3ccc(N(CC)C(=O)COC)cc3)C(=O)O2)C1=O. The minimum absolute atomic E-state index is 0.00230. The molecular weight excluding hydrogens is 426 g/mol. The monoisotopic (exact) mass is 455 g/mol. The van der Waals surface area contributed by atoms with Crippen LogP contribution in [0.1, 0.15) is 27.2 Å². The predicted molar refractivity (Wildman–Crippen MR) is 123 cm³/mol. The Morgan fingerprint density at radius 1 is 1.18 bits per heavy atom. The Balaban J connectivity index is 1.69. The van der Waals surface area contributed by atoms with Crippen molar-refractivity contribution in [3.8, 4) is 0 Å². The average Bonchev–Trinajstić information content (AvgIpc) is 3.27. The second kappa shape index (κ2) is 10.4. The van der Waals surface area contributed by atoms with Crippen LogP contribution in [0.3, 0.4) is 0 Å². The van der Waals surface area contributed by atoms with Crippen molar-refractivity contribution >= 4 is 35.2 Å². The molecule has 0 bridgehead atoms. The number of likely N-dealkylation sites (N-methyl/N-ethyl adjacent to an activating group) is 1. The normalized spacial score (nSPS) is 18.7. The summed E-state index contributed by atoms with van der Waals surface area (Å²) in [5, 5.41) is 0. The number of rotatable bonds is 9. The van der Waals surface area contributed by atoms with Gasteiger partial charge in [-0.25, -0.2) is 4.79 Å². The van der Waals surface area contributed by atoms with Crippen LogP contribution in [0.2, 0.25) is 0 Å². The Morgan fingerprint density at radius 2 is 1.88 bits per heavy atom. The minimum atomic E-state index is -0.636. The molecule has 1 aromatic rings. The summed E-state index contributed by atoms with van der Waals surface area (Å²) in [6.07, 6.45) is 2.63. The molecule has 0 spiro atoms. The third kappa shape index (κ3) is 4.83. The zero-order valence-corrected chi connectivity index (χ0v) is 19.4. The van der Waals surface area contributed by atoms with Crippen LogP contribution in [0.25, 0.3) is 0 Å². The molecule has 1 saturated heterocycles. The number of benzene rings is 1. The maximum Gasteiger partial charge on any atom is 0.414 e. The molecule has 0 saturated carbocycles. The van der Waals surface area contributed by atoms with E-state index in [-0.39, 0.29) is 37.4 Å². The van der Waals surface area contributed by atoms with Gasteiger partial charge in [0, 0.05) is 36.2 Å². The topological polar surface area (TPSA) is 96.5 Å². The van der Waals surface area contributed by atoms with Gasteiger partial charge in [-0.2, -0.15) is 0 Å². The number of allylic oxidation sites excluding steroid dienone is 1. The fourth-order valence-electron chi connectivity index (χ4n) is 4.04. The molecular formula is C24H29N3O6. The third-order valence-corrected chi connectivity index (χ3v) is 5.61. The first-order valence-electron chi connectivity index (χ1n) is 11.0. The van der Waals surface area contributed by atoms with Crippen LogP contribution in [0.15, 0.2) is 47.6 Å². The molecule has 176 valence electrons. The molecule has 2 aliphatic rings. The van der Waals surface area contributed by atoms with Gasteiger partial charge in [-0.1, -0.05) is 19.1 Å². The van der Waals surface area contributed by atoms with Crippen molar-refractivity contribution in [1.29, 1.82) is 0 Å². The number of carbonyl (C=O) groups is 4. The molecule has 0 radical (unpaired) electrons. The second-order valence-electron chi connectivity index (χ2n) is 7.67. The van der Waals surface area contributed by atoms with E-state index in [4.69, 9.17) is 9.47 Å². The quantitative estimate of drug-likeness (QED) is 0.531. The maximum atomic E-state index is 12.7. The van der Waals surface area contributed by atoms with Gasteiger partial charge in [0.1, 0.15) is 12.7 Å². The number of methoxy groups -OCH3 is 1. The first-order chi connectivity index (χ1) is 15.9. The Hall–Kier alpha value is -3.46. The smallest absolute Gasteiger partial charge is 0.414 e. The van der Waals surface area contributed by atoms with Gasteiger partial charge in [0.2, 0.25) is 0 Å². The van der Waals surface area contributed by atoms with Crippen LogP contribution in [-0.4, -0.2) is 68.2 Å². The number of cyclic esters (lactones) is 1. The van der Waals surface area contributed by atoms with Crippen molar-refractivity contribution < 1.29 is 28.7 Å². The van der Waals surface area contributed by atoms with Gasteiger partial charge < -0.3 is 14.4 Å². The largest absolute Gasteiger partial charge is 0.442 e. The first kappa shape index (κ1) is 24.2. The fraction of sp³-hybridized carbons (Fsp3) is 0.417. The summed E-state index contributed by atoms with van der Waals surface area (Å²) < 4.78 is 10.4. The molecule has 2 aliphatic heterocycles. The van der Waals surface area contributed by atoms with Crippen LogP contribution in [0, 0.1) is 0 Å². The van der Waals surface area contributed by atoms with Crippen molar-refractivity contribution in [2.45, 2.75) is 33.3 Å². The fourth-order valence-corrected chi connectivity index (χ4v) is 4.04. The van der Waals surface area contributed by atoms with Crippen molar-refractivity contribution in [2.75, 3.05) is 43.2 Å². The molecule has 1 unspecified atom stereocenters. The van der Waals surface area contributed by atoms with Crippen LogP contribution < -0.4 is 9.80 Å². The number of carbonyl (C=O) groups excluding carboxylic acids is 4. The highest BCUT2D eigenvalue weighted by Crippen LogP contribution is 2.28. The average molecular weight is 456 g/mol. The molecule has 9 heteroatoms. The van der Waals surface area contributed by atoms with Crippen molar-refractivity contribution in [2.24, 2.45) is 0 Å². The summed E-state index contributed by atoms with van der Waals surface area (Å²) in [6, 6.07) is 6.96. The lowest BCUT2D eigenvalue weighted by atomic mass is 10.1. The molecule has 1 atom stereocenters. The predicted octanol–water partition coefficient (Wildman–Crippen LogP) is 2.66. The lowest BCUT2D eigenvalue weighted by Crippen LogP contribution is -2.39. The molecule has 4 amide bonds. The summed E-state index contributed by atoms with van der Waals surface area (Å²) in [4.78, 5) is 54.3. The van der Waals surface area contributed by atoms with E-state index in [1.165, 1.54) is 12.0 Å². The molecule has 33 heavy (non-hydrogen) atoms. The molecule has 1 aromatic carbocycles. The van der Waals surface area contributed by atoms with Gasteiger partial charge in [-0.15, -0.1) is 0 Å². The van der Waals surface area contributed by atoms with Gasteiger partial charge in [0.25, 0.3) is 17.7 Å². The van der Waals surface area contributed by atoms with Crippen molar-refractivity contribution in [3.05, 3.63) is 47.6 Å². The lowest BCUT2D eigenvalue weighted by Gasteiger charge is -2.22. The second-order valence-corrected chi connectivity index (χ2v) is 7.67. The zero-order valence-electron chi connectivity index (χ0n) is 19.4. The Bertz CT molecular complexity index is 998. The molecule has 0 aromatic heterocycles. The molecule has 2 heterocycles. The number of amides is 4. The zero-order chi connectivity index (χ0) is 24.1. The van der Waals surface area contributed by atoms with Crippen molar-refractivity contribution in [1.82, 2.24) is 4.90 Å². The molecule has 1 fully saturated rings. The summed E-state index contributed by atoms with van der Waals surface area (Å²) in [5.74, 6) is -0.866. The Labute approximate surface area is 193 Å². The summed E-state index contributed by atoms with van der Waals surface area (Å²) in [7, 11) is 1.47. The van der Waals surface area contributed by atoms with E-state index >= 15 is 0 Å². The molecule has 9 nitrogen and oxygen atoms in total. The van der Waals surface area contributed by atoms with E-state index in [1.807, 2.05) is 13.8 Å². The highest BCUT2D eigenvalue weighted by atomic mass is 16.6. The van der Waals surface area contributed by atoms with Crippen LogP contribution in [0.4, 0.5) is 16.2 Å². The lowest BCUT2D eigenvalue weighted by molar-refractivity contribution is -0.138. The number of anilines is 2. The first-order valence-corrected chi connectivity index (χ1v) is 11.0. The van der Waals surface area contributed by atoms with Gasteiger partial charge in [0.05, 0.1) is 13.1 Å². The molecule has 0 aliphatic carbocycles. The van der Waals surface area contributed by atoms with E-state index in [0.29, 0.717) is 35.5 Å². The van der Waals surface area contributed by atoms with Crippen LogP contribution in [0.5, 0.6) is 0 Å². The summed E-state index contributed by atoms with van der Waals surface area (Å²) in [5.41, 5.74) is 2.15. The Morgan fingerprint density at radius 3 is 2.45 bits per heavy atom. The molecule has 3 rings (SSSR count). The Kier molecular flexibility index (Phi) is 7.65. The van der Waals surface area contributed by atoms with E-state index in [1.54, 1.807) is 48.2 Å². The van der Waals surface area contributed by atoms with E-state index in [2.05, 4.69) is 0 Å². The number of nitrogens with zero attached hydrogens (tertiary/aromatic N) is 3. The van der Waals surface area contributed by atoms with Gasteiger partial charge in [-0.3, -0.25) is 24.2 Å². The molecule has 0 N–H and O–H groups in total. The van der Waals surface area contributed by atoms with Gasteiger partial charge >= 0.3 is 6.09 Å². The highest BCUT2D eigenvalue weighted by molar-refractivity contribution is 6.20.